The molecule has 0 aliphatic rings. The van der Waals surface area contributed by atoms with Crippen molar-refractivity contribution in [3.63, 3.8) is 0 Å². The molecule has 13 heavy (non-hydrogen) atoms. The van der Waals surface area contributed by atoms with Gasteiger partial charge in [0.2, 0.25) is 0 Å². The Hall–Kier alpha value is -0.640. The highest BCUT2D eigenvalue weighted by Gasteiger charge is 2.00. The summed E-state index contributed by atoms with van der Waals surface area (Å²) in [6.07, 6.45) is 0. The van der Waals surface area contributed by atoms with Gasteiger partial charge in [-0.2, -0.15) is 0 Å². The van der Waals surface area contributed by atoms with Crippen molar-refractivity contribution in [2.75, 3.05) is 13.2 Å². The van der Waals surface area contributed by atoms with Crippen molar-refractivity contribution in [2.45, 2.75) is 6.54 Å². The highest BCUT2D eigenvalue weighted by Crippen LogP contribution is 2.16. The lowest BCUT2D eigenvalue weighted by Gasteiger charge is -2.04. The third kappa shape index (κ3) is 3.30. The smallest absolute Gasteiger partial charge is 0.123 e. The average molecular weight is 204 g/mol. The summed E-state index contributed by atoms with van der Waals surface area (Å²) in [6.45, 7) is 1.01. The summed E-state index contributed by atoms with van der Waals surface area (Å²) >= 11 is 5.81. The van der Waals surface area contributed by atoms with E-state index in [1.165, 1.54) is 18.2 Å². The molecule has 0 saturated carbocycles. The van der Waals surface area contributed by atoms with Crippen LogP contribution in [0.25, 0.3) is 0 Å². The first-order valence-electron chi connectivity index (χ1n) is 3.99. The van der Waals surface area contributed by atoms with Gasteiger partial charge < -0.3 is 10.4 Å². The van der Waals surface area contributed by atoms with Crippen LogP contribution in [0.5, 0.6) is 0 Å². The summed E-state index contributed by atoms with van der Waals surface area (Å²) < 4.78 is 12.7. The molecule has 0 atom stereocenters. The second-order valence-electron chi connectivity index (χ2n) is 2.64. The maximum atomic E-state index is 12.7. The van der Waals surface area contributed by atoms with Crippen molar-refractivity contribution in [1.29, 1.82) is 0 Å². The molecule has 1 aromatic rings. The van der Waals surface area contributed by atoms with Crippen LogP contribution in [0.1, 0.15) is 5.56 Å². The number of halogens is 2. The van der Waals surface area contributed by atoms with Gasteiger partial charge in [0.1, 0.15) is 5.82 Å². The van der Waals surface area contributed by atoms with E-state index in [-0.39, 0.29) is 12.4 Å². The van der Waals surface area contributed by atoms with Crippen LogP contribution < -0.4 is 5.32 Å². The Labute approximate surface area is 81.3 Å². The van der Waals surface area contributed by atoms with Gasteiger partial charge in [-0.1, -0.05) is 11.6 Å². The fourth-order valence-corrected chi connectivity index (χ4v) is 1.17. The molecule has 4 heteroatoms. The van der Waals surface area contributed by atoms with Gasteiger partial charge in [-0.15, -0.1) is 0 Å². The van der Waals surface area contributed by atoms with E-state index in [2.05, 4.69) is 5.32 Å². The van der Waals surface area contributed by atoms with Crippen molar-refractivity contribution in [2.24, 2.45) is 0 Å². The van der Waals surface area contributed by atoms with Crippen LogP contribution in [-0.4, -0.2) is 18.3 Å². The fraction of sp³-hybridized carbons (Fsp3) is 0.333. The molecule has 0 fully saturated rings. The van der Waals surface area contributed by atoms with Crippen molar-refractivity contribution in [1.82, 2.24) is 5.32 Å². The molecule has 0 aromatic heterocycles. The Morgan fingerprint density at radius 1 is 1.46 bits per heavy atom. The van der Waals surface area contributed by atoms with E-state index in [0.717, 1.165) is 0 Å². The number of hydrogen-bond donors (Lipinski definition) is 2. The SMILES string of the molecule is OCCNCc1cc(F)ccc1Cl. The molecule has 1 rings (SSSR count). The topological polar surface area (TPSA) is 32.3 Å². The van der Waals surface area contributed by atoms with Gasteiger partial charge in [-0.3, -0.25) is 0 Å². The predicted molar refractivity (Wildman–Crippen MR) is 50.2 cm³/mol. The molecule has 0 aliphatic carbocycles. The standard InChI is InChI=1S/C9H11ClFNO/c10-9-2-1-8(11)5-7(9)6-12-3-4-13/h1-2,5,12-13H,3-4,6H2. The van der Waals surface area contributed by atoms with Crippen LogP contribution in [0.15, 0.2) is 18.2 Å². The quantitative estimate of drug-likeness (QED) is 0.728. The van der Waals surface area contributed by atoms with Crippen molar-refractivity contribution in [3.05, 3.63) is 34.6 Å². The van der Waals surface area contributed by atoms with Gasteiger partial charge >= 0.3 is 0 Å². The third-order valence-electron chi connectivity index (χ3n) is 1.61. The van der Waals surface area contributed by atoms with Crippen molar-refractivity contribution >= 4 is 11.6 Å². The first kappa shape index (κ1) is 10.4. The third-order valence-corrected chi connectivity index (χ3v) is 1.98. The van der Waals surface area contributed by atoms with Crippen LogP contribution >= 0.6 is 11.6 Å². The highest BCUT2D eigenvalue weighted by atomic mass is 35.5. The van der Waals surface area contributed by atoms with Crippen molar-refractivity contribution < 1.29 is 9.50 Å². The second kappa shape index (κ2) is 5.17. The summed E-state index contributed by atoms with van der Waals surface area (Å²) in [6, 6.07) is 4.22. The monoisotopic (exact) mass is 203 g/mol. The van der Waals surface area contributed by atoms with E-state index in [4.69, 9.17) is 16.7 Å². The largest absolute Gasteiger partial charge is 0.395 e. The molecule has 72 valence electrons. The number of hydrogen-bond acceptors (Lipinski definition) is 2. The van der Waals surface area contributed by atoms with Gasteiger partial charge in [-0.05, 0) is 23.8 Å². The molecule has 2 N–H and O–H groups in total. The van der Waals surface area contributed by atoms with Gasteiger partial charge in [-0.25, -0.2) is 4.39 Å². The lowest BCUT2D eigenvalue weighted by atomic mass is 10.2. The Balaban J connectivity index is 2.59. The molecule has 0 amide bonds. The molecule has 0 spiro atoms. The first-order valence-corrected chi connectivity index (χ1v) is 4.37. The Morgan fingerprint density at radius 2 is 2.23 bits per heavy atom. The van der Waals surface area contributed by atoms with Crippen LogP contribution in [0.2, 0.25) is 5.02 Å². The van der Waals surface area contributed by atoms with Gasteiger partial charge in [0.05, 0.1) is 6.61 Å². The van der Waals surface area contributed by atoms with Crippen LogP contribution in [0.4, 0.5) is 4.39 Å². The normalized spacial score (nSPS) is 10.4. The summed E-state index contributed by atoms with van der Waals surface area (Å²) in [5.74, 6) is -0.301. The van der Waals surface area contributed by atoms with E-state index in [9.17, 15) is 4.39 Å². The molecular weight excluding hydrogens is 193 g/mol. The first-order chi connectivity index (χ1) is 6.24. The molecular formula is C9H11ClFNO. The van der Waals surface area contributed by atoms with E-state index in [0.29, 0.717) is 23.7 Å². The molecule has 1 aromatic carbocycles. The lowest BCUT2D eigenvalue weighted by molar-refractivity contribution is 0.292. The highest BCUT2D eigenvalue weighted by molar-refractivity contribution is 6.31. The minimum Gasteiger partial charge on any atom is -0.395 e. The maximum Gasteiger partial charge on any atom is 0.123 e. The van der Waals surface area contributed by atoms with Crippen molar-refractivity contribution in [3.8, 4) is 0 Å². The minimum atomic E-state index is -0.301. The second-order valence-corrected chi connectivity index (χ2v) is 3.04. The van der Waals surface area contributed by atoms with E-state index in [1.807, 2.05) is 0 Å². The number of aliphatic hydroxyl groups is 1. The van der Waals surface area contributed by atoms with Crippen LogP contribution in [-0.2, 0) is 6.54 Å². The molecule has 0 saturated heterocycles. The molecule has 0 radical (unpaired) electrons. The molecule has 0 heterocycles. The number of aliphatic hydroxyl groups excluding tert-OH is 1. The maximum absolute atomic E-state index is 12.7. The Morgan fingerprint density at radius 3 is 2.92 bits per heavy atom. The minimum absolute atomic E-state index is 0.0624. The lowest BCUT2D eigenvalue weighted by Crippen LogP contribution is -2.17. The zero-order chi connectivity index (χ0) is 9.68. The van der Waals surface area contributed by atoms with Gasteiger partial charge in [0.15, 0.2) is 0 Å². The van der Waals surface area contributed by atoms with Gasteiger partial charge in [0, 0.05) is 18.1 Å². The summed E-state index contributed by atoms with van der Waals surface area (Å²) in [4.78, 5) is 0. The Bertz CT molecular complexity index is 280. The van der Waals surface area contributed by atoms with Gasteiger partial charge in [0.25, 0.3) is 0 Å². The zero-order valence-electron chi connectivity index (χ0n) is 7.06. The Kier molecular flexibility index (Phi) is 4.15. The molecule has 0 unspecified atom stereocenters. The van der Waals surface area contributed by atoms with Crippen LogP contribution in [0.3, 0.4) is 0 Å². The van der Waals surface area contributed by atoms with E-state index >= 15 is 0 Å². The number of benzene rings is 1. The summed E-state index contributed by atoms with van der Waals surface area (Å²) in [7, 11) is 0. The number of rotatable bonds is 4. The zero-order valence-corrected chi connectivity index (χ0v) is 7.81. The average Bonchev–Trinajstić information content (AvgIpc) is 2.11. The fourth-order valence-electron chi connectivity index (χ4n) is 0.981. The molecule has 0 bridgehead atoms. The van der Waals surface area contributed by atoms with E-state index in [1.54, 1.807) is 0 Å². The summed E-state index contributed by atoms with van der Waals surface area (Å²) in [5.41, 5.74) is 0.704. The van der Waals surface area contributed by atoms with Crippen LogP contribution in [0, 0.1) is 5.82 Å². The summed E-state index contributed by atoms with van der Waals surface area (Å²) in [5, 5.41) is 12.0. The predicted octanol–water partition coefficient (Wildman–Crippen LogP) is 1.56. The molecule has 0 aliphatic heterocycles. The molecule has 2 nitrogen and oxygen atoms in total. The number of nitrogens with one attached hydrogen (secondary N) is 1. The van der Waals surface area contributed by atoms with E-state index < -0.39 is 0 Å².